The second-order valence-electron chi connectivity index (χ2n) is 6.06. The predicted molar refractivity (Wildman–Crippen MR) is 86.4 cm³/mol. The molecule has 1 N–H and O–H groups in total. The maximum absolute atomic E-state index is 13.8. The molecule has 0 saturated heterocycles. The van der Waals surface area contributed by atoms with E-state index in [1.54, 1.807) is 45.9 Å². The van der Waals surface area contributed by atoms with Crippen molar-refractivity contribution in [3.63, 3.8) is 0 Å². The van der Waals surface area contributed by atoms with Gasteiger partial charge in [0.15, 0.2) is 0 Å². The van der Waals surface area contributed by atoms with Crippen LogP contribution in [0.15, 0.2) is 28.8 Å². The minimum atomic E-state index is -0.600. The van der Waals surface area contributed by atoms with E-state index < -0.39 is 17.5 Å². The predicted octanol–water partition coefficient (Wildman–Crippen LogP) is 4.64. The van der Waals surface area contributed by atoms with E-state index in [0.717, 1.165) is 0 Å². The maximum atomic E-state index is 13.8. The van der Waals surface area contributed by atoms with Crippen molar-refractivity contribution in [1.82, 2.24) is 5.16 Å². The van der Waals surface area contributed by atoms with Crippen LogP contribution in [0.4, 0.5) is 14.9 Å². The van der Waals surface area contributed by atoms with Gasteiger partial charge in [-0.15, -0.1) is 0 Å². The highest BCUT2D eigenvalue weighted by Crippen LogP contribution is 2.19. The Morgan fingerprint density at radius 1 is 1.30 bits per heavy atom. The first-order valence-electron chi connectivity index (χ1n) is 7.14. The number of rotatable bonds is 3. The molecule has 0 aliphatic heterocycles. The zero-order valence-corrected chi connectivity index (χ0v) is 13.5. The summed E-state index contributed by atoms with van der Waals surface area (Å²) in [5.74, 6) is 0.265. The van der Waals surface area contributed by atoms with Gasteiger partial charge in [0.1, 0.15) is 22.9 Å². The molecular weight excluding hydrogens is 299 g/mol. The molecule has 5 nitrogen and oxygen atoms in total. The summed E-state index contributed by atoms with van der Waals surface area (Å²) in [4.78, 5) is 11.7. The average Bonchev–Trinajstić information content (AvgIpc) is 2.83. The lowest BCUT2D eigenvalue weighted by atomic mass is 10.1. The third-order valence-electron chi connectivity index (χ3n) is 2.72. The summed E-state index contributed by atoms with van der Waals surface area (Å²) in [6.07, 6.45) is 2.60. The molecule has 1 aromatic carbocycles. The summed E-state index contributed by atoms with van der Waals surface area (Å²) in [7, 11) is 0. The van der Waals surface area contributed by atoms with E-state index in [-0.39, 0.29) is 0 Å². The Morgan fingerprint density at radius 3 is 2.65 bits per heavy atom. The molecule has 6 heteroatoms. The monoisotopic (exact) mass is 318 g/mol. The lowest BCUT2D eigenvalue weighted by molar-refractivity contribution is 0.0636. The van der Waals surface area contributed by atoms with Crippen molar-refractivity contribution in [2.45, 2.75) is 33.3 Å². The molecule has 2 aromatic rings. The van der Waals surface area contributed by atoms with E-state index in [4.69, 9.17) is 9.26 Å². The quantitative estimate of drug-likeness (QED) is 0.895. The van der Waals surface area contributed by atoms with E-state index in [9.17, 15) is 9.18 Å². The number of nitrogens with one attached hydrogen (secondary N) is 1. The number of nitrogens with zero attached hydrogens (tertiary/aromatic N) is 1. The van der Waals surface area contributed by atoms with Gasteiger partial charge in [-0.1, -0.05) is 5.16 Å². The fourth-order valence-corrected chi connectivity index (χ4v) is 1.81. The standard InChI is InChI=1S/C17H19FN2O3/c1-11-9-14(20-23-11)6-5-12-10-13(7-8-15(12)18)19-16(21)22-17(2,3)4/h5-10H,1-4H3,(H,19,21). The molecular formula is C17H19FN2O3. The summed E-state index contributed by atoms with van der Waals surface area (Å²) < 4.78 is 23.9. The molecule has 0 fully saturated rings. The molecule has 0 radical (unpaired) electrons. The minimum absolute atomic E-state index is 0.319. The van der Waals surface area contributed by atoms with Crippen LogP contribution in [-0.2, 0) is 4.74 Å². The zero-order chi connectivity index (χ0) is 17.0. The van der Waals surface area contributed by atoms with Gasteiger partial charge in [-0.05, 0) is 58.0 Å². The number of amides is 1. The maximum Gasteiger partial charge on any atom is 0.412 e. The second kappa shape index (κ2) is 6.64. The summed E-state index contributed by atoms with van der Waals surface area (Å²) in [6.45, 7) is 7.08. The second-order valence-corrected chi connectivity index (χ2v) is 6.06. The van der Waals surface area contributed by atoms with E-state index in [2.05, 4.69) is 10.5 Å². The lowest BCUT2D eigenvalue weighted by Gasteiger charge is -2.19. The van der Waals surface area contributed by atoms with Crippen LogP contribution in [0.25, 0.3) is 12.2 Å². The highest BCUT2D eigenvalue weighted by molar-refractivity contribution is 5.85. The van der Waals surface area contributed by atoms with Crippen molar-refractivity contribution in [2.75, 3.05) is 5.32 Å². The number of hydrogen-bond acceptors (Lipinski definition) is 4. The summed E-state index contributed by atoms with van der Waals surface area (Å²) >= 11 is 0. The van der Waals surface area contributed by atoms with Crippen LogP contribution in [0.2, 0.25) is 0 Å². The molecule has 0 unspecified atom stereocenters. The zero-order valence-electron chi connectivity index (χ0n) is 13.5. The van der Waals surface area contributed by atoms with Gasteiger partial charge in [-0.25, -0.2) is 9.18 Å². The molecule has 1 heterocycles. The van der Waals surface area contributed by atoms with Crippen LogP contribution < -0.4 is 5.32 Å². The number of halogens is 1. The van der Waals surface area contributed by atoms with Crippen LogP contribution in [-0.4, -0.2) is 16.9 Å². The largest absolute Gasteiger partial charge is 0.444 e. The van der Waals surface area contributed by atoms with Gasteiger partial charge in [0.05, 0.1) is 0 Å². The molecule has 0 aliphatic rings. The Hall–Kier alpha value is -2.63. The van der Waals surface area contributed by atoms with Gasteiger partial charge >= 0.3 is 6.09 Å². The van der Waals surface area contributed by atoms with Gasteiger partial charge in [0.2, 0.25) is 0 Å². The SMILES string of the molecule is Cc1cc(C=Cc2cc(NC(=O)OC(C)(C)C)ccc2F)no1. The highest BCUT2D eigenvalue weighted by Gasteiger charge is 2.16. The van der Waals surface area contributed by atoms with Gasteiger partial charge in [-0.2, -0.15) is 0 Å². The molecule has 0 aliphatic carbocycles. The highest BCUT2D eigenvalue weighted by atomic mass is 19.1. The van der Waals surface area contributed by atoms with Crippen molar-refractivity contribution in [2.24, 2.45) is 0 Å². The summed E-state index contributed by atoms with van der Waals surface area (Å²) in [6, 6.07) is 6.00. The molecule has 23 heavy (non-hydrogen) atoms. The number of aryl methyl sites for hydroxylation is 1. The first kappa shape index (κ1) is 16.7. The Morgan fingerprint density at radius 2 is 2.04 bits per heavy atom. The van der Waals surface area contributed by atoms with Gasteiger partial charge in [0.25, 0.3) is 0 Å². The molecule has 122 valence electrons. The Balaban J connectivity index is 2.12. The van der Waals surface area contributed by atoms with Crippen LogP contribution in [0.5, 0.6) is 0 Å². The summed E-state index contributed by atoms with van der Waals surface area (Å²) in [5, 5.41) is 6.37. The molecule has 0 spiro atoms. The van der Waals surface area contributed by atoms with Crippen molar-refractivity contribution < 1.29 is 18.4 Å². The Bertz CT molecular complexity index is 730. The van der Waals surface area contributed by atoms with Crippen LogP contribution in [0, 0.1) is 12.7 Å². The number of anilines is 1. The number of benzene rings is 1. The number of aromatic nitrogens is 1. The fourth-order valence-electron chi connectivity index (χ4n) is 1.81. The number of hydrogen-bond donors (Lipinski definition) is 1. The Kier molecular flexibility index (Phi) is 4.83. The van der Waals surface area contributed by atoms with Gasteiger partial charge in [0, 0.05) is 17.3 Å². The Labute approximate surface area is 134 Å². The molecule has 0 bridgehead atoms. The number of ether oxygens (including phenoxy) is 1. The third-order valence-corrected chi connectivity index (χ3v) is 2.72. The van der Waals surface area contributed by atoms with Gasteiger partial charge in [-0.3, -0.25) is 5.32 Å². The van der Waals surface area contributed by atoms with Gasteiger partial charge < -0.3 is 9.26 Å². The third kappa shape index (κ3) is 5.25. The van der Waals surface area contributed by atoms with E-state index in [1.807, 2.05) is 0 Å². The van der Waals surface area contributed by atoms with Crippen LogP contribution in [0.1, 0.15) is 37.8 Å². The fraction of sp³-hybridized carbons (Fsp3) is 0.294. The smallest absolute Gasteiger partial charge is 0.412 e. The molecule has 0 saturated carbocycles. The minimum Gasteiger partial charge on any atom is -0.444 e. The molecule has 1 aromatic heterocycles. The van der Waals surface area contributed by atoms with E-state index in [0.29, 0.717) is 22.7 Å². The van der Waals surface area contributed by atoms with Crippen LogP contribution >= 0.6 is 0 Å². The lowest BCUT2D eigenvalue weighted by Crippen LogP contribution is -2.27. The van der Waals surface area contributed by atoms with Crippen molar-refractivity contribution in [1.29, 1.82) is 0 Å². The summed E-state index contributed by atoms with van der Waals surface area (Å²) in [5.41, 5.74) is 0.751. The number of carbonyl (C=O) groups excluding carboxylic acids is 1. The van der Waals surface area contributed by atoms with E-state index in [1.165, 1.54) is 18.2 Å². The van der Waals surface area contributed by atoms with Crippen LogP contribution in [0.3, 0.4) is 0 Å². The molecule has 2 rings (SSSR count). The first-order chi connectivity index (χ1) is 10.7. The number of carbonyl (C=O) groups is 1. The molecule has 1 amide bonds. The van der Waals surface area contributed by atoms with Crippen molar-refractivity contribution in [3.8, 4) is 0 Å². The van der Waals surface area contributed by atoms with E-state index >= 15 is 0 Å². The van der Waals surface area contributed by atoms with Crippen molar-refractivity contribution in [3.05, 3.63) is 47.1 Å². The molecule has 0 atom stereocenters. The van der Waals surface area contributed by atoms with Crippen molar-refractivity contribution >= 4 is 23.9 Å². The first-order valence-corrected chi connectivity index (χ1v) is 7.14. The topological polar surface area (TPSA) is 64.4 Å². The normalized spacial score (nSPS) is 11.7. The average molecular weight is 318 g/mol.